The number of amides is 1. The SMILES string of the molecule is Cc1nc(Cc2ccc(F)cc2)sc1C(=O)N(C)C(C)c1ccc(S(N)(=O)=O)cc1. The van der Waals surface area contributed by atoms with E-state index in [0.29, 0.717) is 17.0 Å². The first-order valence-corrected chi connectivity index (χ1v) is 11.5. The molecule has 1 atom stereocenters. The van der Waals surface area contributed by atoms with Crippen LogP contribution in [0.3, 0.4) is 0 Å². The first-order valence-electron chi connectivity index (χ1n) is 9.17. The molecule has 9 heteroatoms. The molecule has 0 bridgehead atoms. The quantitative estimate of drug-likeness (QED) is 0.624. The van der Waals surface area contributed by atoms with Gasteiger partial charge < -0.3 is 4.90 Å². The third-order valence-corrected chi connectivity index (χ3v) is 6.97. The Kier molecular flexibility index (Phi) is 6.35. The van der Waals surface area contributed by atoms with E-state index in [-0.39, 0.29) is 22.7 Å². The summed E-state index contributed by atoms with van der Waals surface area (Å²) in [4.78, 5) is 19.7. The van der Waals surface area contributed by atoms with Gasteiger partial charge in [-0.2, -0.15) is 0 Å². The number of nitrogens with zero attached hydrogens (tertiary/aromatic N) is 2. The van der Waals surface area contributed by atoms with Crippen LogP contribution in [0.2, 0.25) is 0 Å². The molecule has 0 saturated heterocycles. The summed E-state index contributed by atoms with van der Waals surface area (Å²) in [6.07, 6.45) is 0.521. The van der Waals surface area contributed by atoms with Gasteiger partial charge in [-0.25, -0.2) is 22.9 Å². The highest BCUT2D eigenvalue weighted by Crippen LogP contribution is 2.27. The zero-order chi connectivity index (χ0) is 22.1. The zero-order valence-corrected chi connectivity index (χ0v) is 18.4. The first kappa shape index (κ1) is 22.1. The molecule has 0 spiro atoms. The van der Waals surface area contributed by atoms with Gasteiger partial charge in [-0.1, -0.05) is 24.3 Å². The monoisotopic (exact) mass is 447 g/mol. The number of rotatable bonds is 6. The van der Waals surface area contributed by atoms with E-state index in [0.717, 1.165) is 16.1 Å². The van der Waals surface area contributed by atoms with E-state index >= 15 is 0 Å². The highest BCUT2D eigenvalue weighted by atomic mass is 32.2. The van der Waals surface area contributed by atoms with Gasteiger partial charge in [-0.15, -0.1) is 11.3 Å². The topological polar surface area (TPSA) is 93.4 Å². The number of carbonyl (C=O) groups excluding carboxylic acids is 1. The molecule has 0 aliphatic rings. The van der Waals surface area contributed by atoms with Crippen LogP contribution in [0.15, 0.2) is 53.4 Å². The predicted molar refractivity (Wildman–Crippen MR) is 114 cm³/mol. The van der Waals surface area contributed by atoms with Crippen LogP contribution in [0.4, 0.5) is 4.39 Å². The molecular weight excluding hydrogens is 425 g/mol. The maximum atomic E-state index is 13.1. The smallest absolute Gasteiger partial charge is 0.266 e. The summed E-state index contributed by atoms with van der Waals surface area (Å²) < 4.78 is 35.9. The largest absolute Gasteiger partial charge is 0.334 e. The van der Waals surface area contributed by atoms with Crippen LogP contribution in [0.1, 0.15) is 44.5 Å². The summed E-state index contributed by atoms with van der Waals surface area (Å²) in [7, 11) is -2.07. The third kappa shape index (κ3) is 4.92. The third-order valence-electron chi connectivity index (χ3n) is 4.90. The summed E-state index contributed by atoms with van der Waals surface area (Å²) in [6, 6.07) is 12.1. The highest BCUT2D eigenvalue weighted by molar-refractivity contribution is 7.89. The molecule has 2 aromatic carbocycles. The number of hydrogen-bond acceptors (Lipinski definition) is 5. The van der Waals surface area contributed by atoms with Gasteiger partial charge in [0.05, 0.1) is 21.6 Å². The van der Waals surface area contributed by atoms with Gasteiger partial charge in [-0.3, -0.25) is 4.79 Å². The van der Waals surface area contributed by atoms with Gasteiger partial charge in [0, 0.05) is 13.5 Å². The maximum Gasteiger partial charge on any atom is 0.266 e. The Hall–Kier alpha value is -2.62. The van der Waals surface area contributed by atoms with Crippen LogP contribution in [0.5, 0.6) is 0 Å². The molecule has 2 N–H and O–H groups in total. The van der Waals surface area contributed by atoms with Crippen molar-refractivity contribution in [1.82, 2.24) is 9.88 Å². The number of nitrogens with two attached hydrogens (primary N) is 1. The van der Waals surface area contributed by atoms with E-state index in [2.05, 4.69) is 4.98 Å². The van der Waals surface area contributed by atoms with Gasteiger partial charge in [0.25, 0.3) is 5.91 Å². The minimum Gasteiger partial charge on any atom is -0.334 e. The number of hydrogen-bond donors (Lipinski definition) is 1. The fourth-order valence-corrected chi connectivity index (χ4v) is 4.60. The number of sulfonamides is 1. The van der Waals surface area contributed by atoms with Crippen molar-refractivity contribution in [2.45, 2.75) is 31.2 Å². The Morgan fingerprint density at radius 1 is 1.17 bits per heavy atom. The van der Waals surface area contributed by atoms with Gasteiger partial charge in [0.2, 0.25) is 10.0 Å². The van der Waals surface area contributed by atoms with Gasteiger partial charge >= 0.3 is 0 Å². The molecule has 0 radical (unpaired) electrons. The summed E-state index contributed by atoms with van der Waals surface area (Å²) in [5.74, 6) is -0.462. The summed E-state index contributed by atoms with van der Waals surface area (Å²) in [5, 5.41) is 5.91. The number of thiazole rings is 1. The standard InChI is InChI=1S/C21H22FN3O3S2/c1-13-20(29-19(24-13)12-15-4-8-17(22)9-5-15)21(26)25(3)14(2)16-6-10-18(11-7-16)30(23,27)28/h4-11,14H,12H2,1-3H3,(H2,23,27,28). The average molecular weight is 448 g/mol. The van der Waals surface area contributed by atoms with E-state index in [1.807, 2.05) is 6.92 Å². The Bertz CT molecular complexity index is 1160. The van der Waals surface area contributed by atoms with Crippen LogP contribution in [0.25, 0.3) is 0 Å². The van der Waals surface area contributed by atoms with E-state index in [1.165, 1.54) is 35.6 Å². The van der Waals surface area contributed by atoms with Crippen molar-refractivity contribution in [3.63, 3.8) is 0 Å². The second-order valence-electron chi connectivity index (χ2n) is 7.03. The second kappa shape index (κ2) is 8.63. The molecule has 158 valence electrons. The second-order valence-corrected chi connectivity index (χ2v) is 9.68. The minimum absolute atomic E-state index is 0.0242. The average Bonchev–Trinajstić information content (AvgIpc) is 3.07. The fourth-order valence-electron chi connectivity index (χ4n) is 3.00. The number of primary sulfonamides is 1. The molecule has 6 nitrogen and oxygen atoms in total. The molecule has 1 aromatic heterocycles. The van der Waals surface area contributed by atoms with Crippen LogP contribution in [-0.4, -0.2) is 31.3 Å². The molecule has 0 aliphatic carbocycles. The lowest BCUT2D eigenvalue weighted by atomic mass is 10.1. The molecule has 3 aromatic rings. The highest BCUT2D eigenvalue weighted by Gasteiger charge is 2.23. The lowest BCUT2D eigenvalue weighted by Gasteiger charge is -2.25. The molecular formula is C21H22FN3O3S2. The van der Waals surface area contributed by atoms with Crippen molar-refractivity contribution in [3.05, 3.63) is 81.1 Å². The molecule has 3 rings (SSSR count). The van der Waals surface area contributed by atoms with Crippen LogP contribution in [-0.2, 0) is 16.4 Å². The minimum atomic E-state index is -3.76. The van der Waals surface area contributed by atoms with E-state index in [9.17, 15) is 17.6 Å². The molecule has 1 heterocycles. The molecule has 30 heavy (non-hydrogen) atoms. The van der Waals surface area contributed by atoms with Crippen molar-refractivity contribution < 1.29 is 17.6 Å². The Labute approximate surface area is 179 Å². The van der Waals surface area contributed by atoms with E-state index < -0.39 is 10.0 Å². The summed E-state index contributed by atoms with van der Waals surface area (Å²) >= 11 is 1.32. The molecule has 0 aliphatic heterocycles. The number of aryl methyl sites for hydroxylation is 1. The van der Waals surface area contributed by atoms with Crippen LogP contribution < -0.4 is 5.14 Å². The van der Waals surface area contributed by atoms with Crippen molar-refractivity contribution in [1.29, 1.82) is 0 Å². The number of benzene rings is 2. The van der Waals surface area contributed by atoms with Crippen LogP contribution >= 0.6 is 11.3 Å². The first-order chi connectivity index (χ1) is 14.1. The normalized spacial score (nSPS) is 12.6. The lowest BCUT2D eigenvalue weighted by Crippen LogP contribution is -2.29. The summed E-state index contributed by atoms with van der Waals surface area (Å²) in [5.41, 5.74) is 2.35. The Balaban J connectivity index is 1.76. The van der Waals surface area contributed by atoms with Crippen molar-refractivity contribution in [2.24, 2.45) is 5.14 Å². The predicted octanol–water partition coefficient (Wildman–Crippen LogP) is 3.66. The van der Waals surface area contributed by atoms with E-state index in [1.54, 1.807) is 43.1 Å². The van der Waals surface area contributed by atoms with Gasteiger partial charge in [-0.05, 0) is 49.2 Å². The Morgan fingerprint density at radius 3 is 2.33 bits per heavy atom. The zero-order valence-electron chi connectivity index (χ0n) is 16.8. The number of aromatic nitrogens is 1. The number of halogens is 1. The van der Waals surface area contributed by atoms with Crippen molar-refractivity contribution in [3.8, 4) is 0 Å². The van der Waals surface area contributed by atoms with Gasteiger partial charge in [0.15, 0.2) is 0 Å². The molecule has 1 amide bonds. The molecule has 1 unspecified atom stereocenters. The van der Waals surface area contributed by atoms with E-state index in [4.69, 9.17) is 5.14 Å². The maximum absolute atomic E-state index is 13.1. The fraction of sp³-hybridized carbons (Fsp3) is 0.238. The lowest BCUT2D eigenvalue weighted by molar-refractivity contribution is 0.0746. The Morgan fingerprint density at radius 2 is 1.77 bits per heavy atom. The number of carbonyl (C=O) groups is 1. The molecule has 0 fully saturated rings. The van der Waals surface area contributed by atoms with Crippen molar-refractivity contribution in [2.75, 3.05) is 7.05 Å². The van der Waals surface area contributed by atoms with Crippen molar-refractivity contribution >= 4 is 27.3 Å². The molecule has 0 saturated carbocycles. The van der Waals surface area contributed by atoms with Crippen LogP contribution in [0, 0.1) is 12.7 Å². The summed E-state index contributed by atoms with van der Waals surface area (Å²) in [6.45, 7) is 3.65. The van der Waals surface area contributed by atoms with Gasteiger partial charge in [0.1, 0.15) is 10.7 Å².